The minimum absolute atomic E-state index is 0.110. The number of piperidine rings is 2. The number of nitrogens with zero attached hydrogens (tertiary/aromatic N) is 3. The highest BCUT2D eigenvalue weighted by Crippen LogP contribution is 2.69. The second kappa shape index (κ2) is 17.7. The molecule has 1 aliphatic carbocycles. The highest BCUT2D eigenvalue weighted by Gasteiger charge is 2.78. The largest absolute Gasteiger partial charge is 0.496 e. The summed E-state index contributed by atoms with van der Waals surface area (Å²) >= 11 is 0. The van der Waals surface area contributed by atoms with E-state index in [1.54, 1.807) is 7.11 Å². The number of carbonyl (C=O) groups excluding carboxylic acids is 4. The van der Waals surface area contributed by atoms with Gasteiger partial charge in [-0.3, -0.25) is 24.2 Å². The summed E-state index contributed by atoms with van der Waals surface area (Å²) in [5.41, 5.74) is -1.93. The molecule has 0 amide bonds. The third-order valence-corrected chi connectivity index (χ3v) is 17.0. The molecular formula is C52H70N4O11. The van der Waals surface area contributed by atoms with Crippen LogP contribution in [0.25, 0.3) is 10.9 Å². The van der Waals surface area contributed by atoms with Gasteiger partial charge in [0.05, 0.1) is 33.0 Å². The summed E-state index contributed by atoms with van der Waals surface area (Å²) in [7, 11) is 6.19. The zero-order valence-electron chi connectivity index (χ0n) is 40.4. The Kier molecular flexibility index (Phi) is 12.5. The number of rotatable bonds is 13. The molecule has 3 aromatic rings. The highest BCUT2D eigenvalue weighted by molar-refractivity contribution is 5.95. The number of H-pyrrole nitrogens is 1. The van der Waals surface area contributed by atoms with Crippen molar-refractivity contribution in [2.75, 3.05) is 72.6 Å². The van der Waals surface area contributed by atoms with Gasteiger partial charge < -0.3 is 43.8 Å². The Morgan fingerprint density at radius 3 is 2.34 bits per heavy atom. The number of para-hydroxylation sites is 1. The van der Waals surface area contributed by atoms with Crippen molar-refractivity contribution in [3.8, 4) is 5.75 Å². The quantitative estimate of drug-likeness (QED) is 0.148. The molecule has 6 aliphatic rings. The zero-order valence-corrected chi connectivity index (χ0v) is 40.4. The first kappa shape index (κ1) is 47.4. The van der Waals surface area contributed by atoms with E-state index in [0.717, 1.165) is 40.0 Å². The lowest BCUT2D eigenvalue weighted by Gasteiger charge is -2.63. The first-order valence-electron chi connectivity index (χ1n) is 24.6. The summed E-state index contributed by atoms with van der Waals surface area (Å²) in [5.74, 6) is -1.83. The molecule has 15 heteroatoms. The van der Waals surface area contributed by atoms with Crippen LogP contribution in [0.5, 0.6) is 5.75 Å². The van der Waals surface area contributed by atoms with Crippen molar-refractivity contribution in [2.45, 2.75) is 138 Å². The molecule has 1 spiro atoms. The number of aromatic amines is 1. The molecule has 9 rings (SSSR count). The minimum Gasteiger partial charge on any atom is -0.496 e. The molecule has 1 saturated carbocycles. The summed E-state index contributed by atoms with van der Waals surface area (Å²) in [6.07, 6.45) is 3.98. The number of fused-ring (bicyclic) bond motifs is 6. The van der Waals surface area contributed by atoms with E-state index < -0.39 is 69.5 Å². The molecule has 2 aromatic carbocycles. The molecule has 0 radical (unpaired) electrons. The van der Waals surface area contributed by atoms with Crippen molar-refractivity contribution in [3.63, 3.8) is 0 Å². The summed E-state index contributed by atoms with van der Waals surface area (Å²) in [5, 5.41) is 26.6. The maximum absolute atomic E-state index is 15.5. The Bertz CT molecular complexity index is 2420. The maximum atomic E-state index is 15.5. The molecule has 3 N–H and O–H groups in total. The lowest BCUT2D eigenvalue weighted by atomic mass is 9.47. The van der Waals surface area contributed by atoms with Crippen LogP contribution < -0.4 is 9.64 Å². The van der Waals surface area contributed by atoms with Crippen molar-refractivity contribution in [1.29, 1.82) is 0 Å². The van der Waals surface area contributed by atoms with Gasteiger partial charge in [-0.1, -0.05) is 39.0 Å². The van der Waals surface area contributed by atoms with Crippen molar-refractivity contribution in [1.82, 2.24) is 14.8 Å². The molecule has 1 unspecified atom stereocenters. The summed E-state index contributed by atoms with van der Waals surface area (Å²) in [4.78, 5) is 67.5. The number of nitrogens with one attached hydrogen (secondary N) is 1. The lowest BCUT2D eigenvalue weighted by Crippen LogP contribution is -2.77. The van der Waals surface area contributed by atoms with E-state index in [2.05, 4.69) is 26.9 Å². The fraction of sp³-hybridized carbons (Fsp3) is 0.654. The number of benzene rings is 2. The fourth-order valence-corrected chi connectivity index (χ4v) is 14.7. The van der Waals surface area contributed by atoms with Crippen LogP contribution in [0.2, 0.25) is 0 Å². The monoisotopic (exact) mass is 927 g/mol. The predicted octanol–water partition coefficient (Wildman–Crippen LogP) is 5.32. The smallest absolute Gasteiger partial charge is 0.340 e. The van der Waals surface area contributed by atoms with Crippen LogP contribution >= 0.6 is 0 Å². The summed E-state index contributed by atoms with van der Waals surface area (Å²) < 4.78 is 30.4. The van der Waals surface area contributed by atoms with Gasteiger partial charge in [-0.2, -0.15) is 0 Å². The zero-order chi connectivity index (χ0) is 47.7. The Labute approximate surface area is 393 Å². The molecule has 15 nitrogen and oxygen atoms in total. The molecule has 1 aromatic heterocycles. The third-order valence-electron chi connectivity index (χ3n) is 17.0. The van der Waals surface area contributed by atoms with Gasteiger partial charge >= 0.3 is 23.9 Å². The Morgan fingerprint density at radius 2 is 1.63 bits per heavy atom. The summed E-state index contributed by atoms with van der Waals surface area (Å²) in [6, 6.07) is 10.9. The molecular weight excluding hydrogens is 857 g/mol. The van der Waals surface area contributed by atoms with E-state index in [1.807, 2.05) is 57.0 Å². The fourth-order valence-electron chi connectivity index (χ4n) is 14.7. The number of esters is 4. The van der Waals surface area contributed by atoms with Crippen LogP contribution in [0.3, 0.4) is 0 Å². The average Bonchev–Trinajstić information content (AvgIpc) is 3.98. The number of likely N-dealkylation sites (N-methyl/N-ethyl adjacent to an activating group) is 1. The Hall–Kier alpha value is -4.70. The minimum atomic E-state index is -2.14. The molecule has 3 saturated heterocycles. The number of ether oxygens (including phenoxy) is 5. The van der Waals surface area contributed by atoms with Gasteiger partial charge in [-0.05, 0) is 106 Å². The van der Waals surface area contributed by atoms with E-state index in [4.69, 9.17) is 23.7 Å². The second-order valence-corrected chi connectivity index (χ2v) is 20.7. The molecule has 6 heterocycles. The van der Waals surface area contributed by atoms with Crippen molar-refractivity contribution >= 4 is 40.5 Å². The maximum Gasteiger partial charge on any atom is 0.340 e. The van der Waals surface area contributed by atoms with E-state index >= 15 is 4.79 Å². The van der Waals surface area contributed by atoms with Crippen LogP contribution in [-0.2, 0) is 55.4 Å². The Morgan fingerprint density at radius 1 is 0.881 bits per heavy atom. The molecule has 10 atom stereocenters. The van der Waals surface area contributed by atoms with Gasteiger partial charge in [0, 0.05) is 90.3 Å². The van der Waals surface area contributed by atoms with Gasteiger partial charge in [0.25, 0.3) is 0 Å². The number of carbonyl (C=O) groups is 4. The van der Waals surface area contributed by atoms with E-state index in [9.17, 15) is 24.6 Å². The van der Waals surface area contributed by atoms with Crippen LogP contribution in [0.15, 0.2) is 36.4 Å². The molecule has 4 fully saturated rings. The first-order valence-corrected chi connectivity index (χ1v) is 24.6. The number of hydrogen-bond acceptors (Lipinski definition) is 14. The number of hydrogen-bond donors (Lipinski definition) is 3. The molecule has 67 heavy (non-hydrogen) atoms. The third kappa shape index (κ3) is 7.18. The molecule has 364 valence electrons. The van der Waals surface area contributed by atoms with Crippen LogP contribution in [0.4, 0.5) is 5.69 Å². The summed E-state index contributed by atoms with van der Waals surface area (Å²) in [6.45, 7) is 8.82. The van der Waals surface area contributed by atoms with E-state index in [0.29, 0.717) is 95.3 Å². The topological polar surface area (TPSA) is 180 Å². The predicted molar refractivity (Wildman–Crippen MR) is 250 cm³/mol. The van der Waals surface area contributed by atoms with Gasteiger partial charge in [0.1, 0.15) is 23.9 Å². The van der Waals surface area contributed by atoms with Gasteiger partial charge in [0.15, 0.2) is 5.60 Å². The number of aliphatic hydroxyl groups is 2. The van der Waals surface area contributed by atoms with E-state index in [1.165, 1.54) is 14.2 Å². The number of methoxy groups -OCH3 is 3. The van der Waals surface area contributed by atoms with Crippen LogP contribution in [0, 0.1) is 11.3 Å². The molecule has 2 bridgehead atoms. The first-order chi connectivity index (χ1) is 32.1. The van der Waals surface area contributed by atoms with Crippen molar-refractivity contribution < 1.29 is 53.1 Å². The number of aromatic nitrogens is 1. The molecule has 5 aliphatic heterocycles. The number of anilines is 1. The average molecular weight is 927 g/mol. The van der Waals surface area contributed by atoms with Crippen LogP contribution in [-0.4, -0.2) is 146 Å². The SMILES string of the molecule is CCCC(=O)OC[C@@H](OC(=O)CCC)[C@]12CCCN3CC[C@@]4(c5cc([C@@]6(C(=O)OC)C[C@H]7CN(CCc8c6[nH]c6ccccc86)C[C@](O)(CC)C7)c(OC)cc5N(C)[C@H]4[C@@](O)(C(=O)OC)C1)[C@@H]32. The van der Waals surface area contributed by atoms with Gasteiger partial charge in [0.2, 0.25) is 0 Å². The van der Waals surface area contributed by atoms with E-state index in [-0.39, 0.29) is 31.8 Å². The standard InChI is InChI=1S/C52H70N4O11/c1-8-14-41(57)66-29-40(67-42(58)15-9-2)49-19-13-21-56-23-20-50(44(49)56)35-24-36(39(63-5)25-38(35)54(4)45(50)52(62,30-49)47(60)65-7)51(46(59)64-6)27-32-26-48(61,10-3)31-55(28-32)22-18-34-33-16-11-12-17-37(33)53-43(34)51/h11-12,16-17,24-25,32,40,44-45,53,61-62H,8-10,13-15,18-23,26-31H2,1-7H3/t32-,40+,44-,45+,48-,49-,50+,51-,52+/m0/s1. The normalized spacial score (nSPS) is 33.5. The van der Waals surface area contributed by atoms with Gasteiger partial charge in [-0.25, -0.2) is 4.79 Å². The van der Waals surface area contributed by atoms with Crippen LogP contribution in [0.1, 0.15) is 114 Å². The van der Waals surface area contributed by atoms with Crippen molar-refractivity contribution in [3.05, 3.63) is 58.8 Å². The Balaban J connectivity index is 1.32. The van der Waals surface area contributed by atoms with Crippen molar-refractivity contribution in [2.24, 2.45) is 11.3 Å². The highest BCUT2D eigenvalue weighted by atomic mass is 16.6. The lowest BCUT2D eigenvalue weighted by molar-refractivity contribution is -0.215. The second-order valence-electron chi connectivity index (χ2n) is 20.7. The van der Waals surface area contributed by atoms with Gasteiger partial charge in [-0.15, -0.1) is 0 Å².